The monoisotopic (exact) mass is 588 g/mol. The standard InChI is InChI=1S/C30H51F3N4O4/c1-29(2,34)28(40)35-25(19-41-18-21-11-6-4-7-12-21)27(39)36(3)16-10-15-23-24(22-13-8-5-9-14-22)17-37(26(23)38)20-30(31,32)33/h21-25H,4-20,34H2,1-3H3,(H,35,40). The molecule has 0 aromatic carbocycles. The van der Waals surface area contributed by atoms with Gasteiger partial charge in [-0.15, -0.1) is 0 Å². The van der Waals surface area contributed by atoms with Gasteiger partial charge >= 0.3 is 6.18 Å². The molecular formula is C30H51F3N4O4. The molecule has 236 valence electrons. The van der Waals surface area contributed by atoms with Gasteiger partial charge in [-0.1, -0.05) is 51.4 Å². The van der Waals surface area contributed by atoms with E-state index in [0.717, 1.165) is 49.8 Å². The predicted octanol–water partition coefficient (Wildman–Crippen LogP) is 4.26. The van der Waals surface area contributed by atoms with E-state index in [1.54, 1.807) is 20.9 Å². The summed E-state index contributed by atoms with van der Waals surface area (Å²) in [7, 11) is 1.64. The Morgan fingerprint density at radius 2 is 1.68 bits per heavy atom. The summed E-state index contributed by atoms with van der Waals surface area (Å²) < 4.78 is 45.4. The van der Waals surface area contributed by atoms with Gasteiger partial charge in [0.2, 0.25) is 17.7 Å². The van der Waals surface area contributed by atoms with Crippen LogP contribution in [0, 0.1) is 23.7 Å². The molecule has 3 amide bonds. The van der Waals surface area contributed by atoms with E-state index < -0.39 is 42.0 Å². The van der Waals surface area contributed by atoms with Crippen molar-refractivity contribution >= 4 is 17.7 Å². The van der Waals surface area contributed by atoms with Crippen LogP contribution in [0.2, 0.25) is 0 Å². The molecule has 0 aromatic heterocycles. The van der Waals surface area contributed by atoms with Crippen LogP contribution in [0.3, 0.4) is 0 Å². The predicted molar refractivity (Wildman–Crippen MR) is 151 cm³/mol. The number of likely N-dealkylation sites (N-methyl/N-ethyl adjacent to an activating group) is 1. The van der Waals surface area contributed by atoms with Crippen molar-refractivity contribution in [3.63, 3.8) is 0 Å². The third kappa shape index (κ3) is 10.4. The third-order valence-electron chi connectivity index (χ3n) is 9.14. The van der Waals surface area contributed by atoms with E-state index in [1.165, 1.54) is 24.2 Å². The van der Waals surface area contributed by atoms with Gasteiger partial charge in [0.15, 0.2) is 0 Å². The van der Waals surface area contributed by atoms with Gasteiger partial charge < -0.3 is 25.6 Å². The molecule has 0 bridgehead atoms. The van der Waals surface area contributed by atoms with Gasteiger partial charge in [0.05, 0.1) is 12.1 Å². The van der Waals surface area contributed by atoms with Gasteiger partial charge in [-0.3, -0.25) is 14.4 Å². The molecule has 3 aliphatic rings. The maximum Gasteiger partial charge on any atom is 0.406 e. The second-order valence-electron chi connectivity index (χ2n) is 13.2. The number of nitrogens with one attached hydrogen (secondary N) is 1. The van der Waals surface area contributed by atoms with Crippen LogP contribution in [-0.2, 0) is 19.1 Å². The molecule has 3 N–H and O–H groups in total. The lowest BCUT2D eigenvalue weighted by atomic mass is 9.74. The summed E-state index contributed by atoms with van der Waals surface area (Å²) in [6.07, 6.45) is 7.40. The molecule has 11 heteroatoms. The van der Waals surface area contributed by atoms with E-state index in [4.69, 9.17) is 10.5 Å². The Labute approximate surface area is 243 Å². The Bertz CT molecular complexity index is 867. The molecule has 1 saturated heterocycles. The Morgan fingerprint density at radius 1 is 1.07 bits per heavy atom. The molecule has 3 unspecified atom stereocenters. The molecule has 1 aliphatic heterocycles. The van der Waals surface area contributed by atoms with Crippen molar-refractivity contribution in [1.82, 2.24) is 15.1 Å². The quantitative estimate of drug-likeness (QED) is 0.335. The summed E-state index contributed by atoms with van der Waals surface area (Å²) in [5.41, 5.74) is 4.79. The van der Waals surface area contributed by atoms with Crippen molar-refractivity contribution in [3.8, 4) is 0 Å². The highest BCUT2D eigenvalue weighted by Crippen LogP contribution is 2.41. The van der Waals surface area contributed by atoms with Gasteiger partial charge in [-0.05, 0) is 57.3 Å². The van der Waals surface area contributed by atoms with Gasteiger partial charge in [-0.2, -0.15) is 13.2 Å². The zero-order chi connectivity index (χ0) is 30.2. The van der Waals surface area contributed by atoms with E-state index in [1.807, 2.05) is 0 Å². The van der Waals surface area contributed by atoms with Crippen molar-refractivity contribution in [2.45, 2.75) is 109 Å². The van der Waals surface area contributed by atoms with Crippen LogP contribution in [0.4, 0.5) is 13.2 Å². The van der Waals surface area contributed by atoms with Crippen LogP contribution in [0.15, 0.2) is 0 Å². The minimum Gasteiger partial charge on any atom is -0.378 e. The first kappa shape index (κ1) is 33.6. The van der Waals surface area contributed by atoms with Crippen molar-refractivity contribution in [1.29, 1.82) is 0 Å². The summed E-state index contributed by atoms with van der Waals surface area (Å²) in [5, 5.41) is 2.74. The summed E-state index contributed by atoms with van der Waals surface area (Å²) in [6, 6.07) is -0.899. The van der Waals surface area contributed by atoms with E-state index in [-0.39, 0.29) is 30.9 Å². The minimum absolute atomic E-state index is 0.0404. The zero-order valence-corrected chi connectivity index (χ0v) is 25.1. The van der Waals surface area contributed by atoms with Gasteiger partial charge in [0.25, 0.3) is 0 Å². The summed E-state index contributed by atoms with van der Waals surface area (Å²) in [4.78, 5) is 41.6. The largest absolute Gasteiger partial charge is 0.406 e. The van der Waals surface area contributed by atoms with Crippen LogP contribution in [-0.4, -0.2) is 85.2 Å². The normalized spacial score (nSPS) is 24.0. The van der Waals surface area contributed by atoms with Crippen molar-refractivity contribution in [2.24, 2.45) is 29.4 Å². The molecule has 1 heterocycles. The second-order valence-corrected chi connectivity index (χ2v) is 13.2. The number of halogens is 3. The minimum atomic E-state index is -4.43. The Kier molecular flexibility index (Phi) is 12.3. The fraction of sp³-hybridized carbons (Fsp3) is 0.900. The SMILES string of the molecule is CN(CCCC1C(=O)N(CC(F)(F)F)CC1C1CCCCC1)C(=O)C(COCC1CCCCC1)NC(=O)C(C)(C)N. The average Bonchev–Trinajstić information content (AvgIpc) is 3.21. The van der Waals surface area contributed by atoms with Crippen molar-refractivity contribution < 1.29 is 32.3 Å². The van der Waals surface area contributed by atoms with Crippen molar-refractivity contribution in [3.05, 3.63) is 0 Å². The molecule has 0 aromatic rings. The second kappa shape index (κ2) is 15.0. The lowest BCUT2D eigenvalue weighted by molar-refractivity contribution is -0.158. The number of carbonyl (C=O) groups is 3. The molecule has 2 saturated carbocycles. The van der Waals surface area contributed by atoms with E-state index in [9.17, 15) is 27.6 Å². The number of rotatable bonds is 13. The number of alkyl halides is 3. The Morgan fingerprint density at radius 3 is 2.27 bits per heavy atom. The van der Waals surface area contributed by atoms with E-state index >= 15 is 0 Å². The van der Waals surface area contributed by atoms with Crippen LogP contribution in [0.1, 0.15) is 90.9 Å². The molecule has 2 aliphatic carbocycles. The fourth-order valence-corrected chi connectivity index (χ4v) is 6.78. The first-order valence-electron chi connectivity index (χ1n) is 15.5. The maximum atomic E-state index is 13.4. The fourth-order valence-electron chi connectivity index (χ4n) is 6.78. The molecule has 0 spiro atoms. The summed E-state index contributed by atoms with van der Waals surface area (Å²) in [5.74, 6) is -1.02. The van der Waals surface area contributed by atoms with Gasteiger partial charge in [-0.25, -0.2) is 0 Å². The van der Waals surface area contributed by atoms with Gasteiger partial charge in [0.1, 0.15) is 12.6 Å². The molecule has 3 fully saturated rings. The highest BCUT2D eigenvalue weighted by Gasteiger charge is 2.47. The Balaban J connectivity index is 1.58. The van der Waals surface area contributed by atoms with Crippen LogP contribution >= 0.6 is 0 Å². The summed E-state index contributed by atoms with van der Waals surface area (Å²) >= 11 is 0. The number of hydrogen-bond acceptors (Lipinski definition) is 5. The Hall–Kier alpha value is -1.88. The number of nitrogens with zero attached hydrogens (tertiary/aromatic N) is 2. The molecule has 41 heavy (non-hydrogen) atoms. The molecule has 3 atom stereocenters. The highest BCUT2D eigenvalue weighted by atomic mass is 19.4. The maximum absolute atomic E-state index is 13.4. The number of likely N-dealkylation sites (tertiary alicyclic amines) is 1. The molecular weight excluding hydrogens is 537 g/mol. The van der Waals surface area contributed by atoms with E-state index in [2.05, 4.69) is 5.32 Å². The molecule has 3 rings (SSSR count). The lowest BCUT2D eigenvalue weighted by Crippen LogP contribution is -2.57. The van der Waals surface area contributed by atoms with E-state index in [0.29, 0.717) is 31.9 Å². The summed E-state index contributed by atoms with van der Waals surface area (Å²) in [6.45, 7) is 2.99. The zero-order valence-electron chi connectivity index (χ0n) is 25.1. The van der Waals surface area contributed by atoms with Crippen molar-refractivity contribution in [2.75, 3.05) is 39.9 Å². The first-order chi connectivity index (χ1) is 19.3. The lowest BCUT2D eigenvalue weighted by Gasteiger charge is -2.31. The highest BCUT2D eigenvalue weighted by molar-refractivity contribution is 5.91. The number of amides is 3. The first-order valence-corrected chi connectivity index (χ1v) is 15.5. The number of carbonyl (C=O) groups excluding carboxylic acids is 3. The number of nitrogens with two attached hydrogens (primary N) is 1. The molecule has 8 nitrogen and oxygen atoms in total. The smallest absolute Gasteiger partial charge is 0.378 e. The number of ether oxygens (including phenoxy) is 1. The molecule has 0 radical (unpaired) electrons. The average molecular weight is 589 g/mol. The number of hydrogen-bond donors (Lipinski definition) is 2. The van der Waals surface area contributed by atoms with Crippen LogP contribution in [0.25, 0.3) is 0 Å². The van der Waals surface area contributed by atoms with Gasteiger partial charge in [0, 0.05) is 32.7 Å². The topological polar surface area (TPSA) is 105 Å². The third-order valence-corrected chi connectivity index (χ3v) is 9.14. The van der Waals surface area contributed by atoms with Crippen LogP contribution < -0.4 is 11.1 Å². The van der Waals surface area contributed by atoms with Crippen LogP contribution in [0.5, 0.6) is 0 Å².